The molecule has 0 saturated carbocycles. The molecule has 3 N–H and O–H groups in total. The van der Waals surface area contributed by atoms with Gasteiger partial charge in [-0.05, 0) is 43.6 Å². The van der Waals surface area contributed by atoms with Crippen LogP contribution in [0.25, 0.3) is 0 Å². The summed E-state index contributed by atoms with van der Waals surface area (Å²) in [6.07, 6.45) is 1.21. The second-order valence-electron chi connectivity index (χ2n) is 4.71. The van der Waals surface area contributed by atoms with E-state index in [9.17, 15) is 0 Å². The van der Waals surface area contributed by atoms with Gasteiger partial charge in [0.1, 0.15) is 0 Å². The van der Waals surface area contributed by atoms with Crippen molar-refractivity contribution in [2.75, 3.05) is 32.5 Å². The van der Waals surface area contributed by atoms with Crippen LogP contribution in [0.5, 0.6) is 0 Å². The third kappa shape index (κ3) is 2.36. The van der Waals surface area contributed by atoms with E-state index in [2.05, 4.69) is 41.5 Å². The van der Waals surface area contributed by atoms with Gasteiger partial charge < -0.3 is 16.0 Å². The van der Waals surface area contributed by atoms with Crippen LogP contribution >= 0.6 is 0 Å². The topological polar surface area (TPSA) is 41.3 Å². The number of hydrogen-bond donors (Lipinski definition) is 2. The Labute approximate surface area is 97.6 Å². The molecule has 1 aliphatic heterocycles. The van der Waals surface area contributed by atoms with Crippen molar-refractivity contribution in [3.05, 3.63) is 29.8 Å². The van der Waals surface area contributed by atoms with Crippen molar-refractivity contribution in [3.63, 3.8) is 0 Å². The summed E-state index contributed by atoms with van der Waals surface area (Å²) in [7, 11) is 4.09. The monoisotopic (exact) mass is 219 g/mol. The molecule has 0 spiro atoms. The minimum absolute atomic E-state index is 0.177. The summed E-state index contributed by atoms with van der Waals surface area (Å²) in [4.78, 5) is 2.35. The molecule has 1 fully saturated rings. The zero-order valence-corrected chi connectivity index (χ0v) is 10.1. The molecule has 3 heteroatoms. The molecule has 2 rings (SSSR count). The van der Waals surface area contributed by atoms with E-state index in [0.29, 0.717) is 5.92 Å². The SMILES string of the molecule is CNc1ccc(C(N)C2CCN(C)C2)cc1. The van der Waals surface area contributed by atoms with Crippen LogP contribution < -0.4 is 11.1 Å². The van der Waals surface area contributed by atoms with Crippen LogP contribution in [0.4, 0.5) is 5.69 Å². The maximum Gasteiger partial charge on any atom is 0.0337 e. The zero-order valence-electron chi connectivity index (χ0n) is 10.1. The van der Waals surface area contributed by atoms with Gasteiger partial charge in [0.2, 0.25) is 0 Å². The summed E-state index contributed by atoms with van der Waals surface area (Å²) >= 11 is 0. The third-order valence-corrected chi connectivity index (χ3v) is 3.52. The first kappa shape index (κ1) is 11.4. The Balaban J connectivity index is 2.05. The number of benzene rings is 1. The summed E-state index contributed by atoms with van der Waals surface area (Å²) in [5.74, 6) is 0.602. The van der Waals surface area contributed by atoms with Crippen LogP contribution in [0.2, 0.25) is 0 Å². The maximum absolute atomic E-state index is 6.31. The maximum atomic E-state index is 6.31. The molecule has 0 amide bonds. The Bertz CT molecular complexity index is 334. The van der Waals surface area contributed by atoms with E-state index in [4.69, 9.17) is 5.73 Å². The van der Waals surface area contributed by atoms with Crippen LogP contribution in [0.15, 0.2) is 24.3 Å². The molecular formula is C13H21N3. The van der Waals surface area contributed by atoms with Gasteiger partial charge in [-0.2, -0.15) is 0 Å². The van der Waals surface area contributed by atoms with Crippen molar-refractivity contribution >= 4 is 5.69 Å². The number of anilines is 1. The summed E-state index contributed by atoms with van der Waals surface area (Å²) in [5.41, 5.74) is 8.69. The highest BCUT2D eigenvalue weighted by molar-refractivity contribution is 5.44. The molecule has 0 aliphatic carbocycles. The van der Waals surface area contributed by atoms with E-state index in [0.717, 1.165) is 12.2 Å². The fraction of sp³-hybridized carbons (Fsp3) is 0.538. The summed E-state index contributed by atoms with van der Waals surface area (Å²) in [6, 6.07) is 8.63. The Kier molecular flexibility index (Phi) is 3.46. The van der Waals surface area contributed by atoms with E-state index >= 15 is 0 Å². The van der Waals surface area contributed by atoms with Gasteiger partial charge in [-0.1, -0.05) is 12.1 Å². The normalized spacial score (nSPS) is 23.3. The predicted octanol–water partition coefficient (Wildman–Crippen LogP) is 1.68. The van der Waals surface area contributed by atoms with Gasteiger partial charge in [0.15, 0.2) is 0 Å². The number of nitrogens with zero attached hydrogens (tertiary/aromatic N) is 1. The molecule has 0 aromatic heterocycles. The van der Waals surface area contributed by atoms with Crippen LogP contribution in [0.3, 0.4) is 0 Å². The number of nitrogens with one attached hydrogen (secondary N) is 1. The summed E-state index contributed by atoms with van der Waals surface area (Å²) in [5, 5.41) is 3.12. The Morgan fingerprint density at radius 1 is 1.38 bits per heavy atom. The minimum Gasteiger partial charge on any atom is -0.388 e. The van der Waals surface area contributed by atoms with Crippen LogP contribution in [0.1, 0.15) is 18.0 Å². The lowest BCUT2D eigenvalue weighted by atomic mass is 9.93. The van der Waals surface area contributed by atoms with E-state index in [-0.39, 0.29) is 6.04 Å². The molecule has 2 unspecified atom stereocenters. The van der Waals surface area contributed by atoms with Gasteiger partial charge in [0, 0.05) is 25.3 Å². The number of nitrogens with two attached hydrogens (primary N) is 1. The van der Waals surface area contributed by atoms with E-state index < -0.39 is 0 Å². The van der Waals surface area contributed by atoms with Crippen molar-refractivity contribution in [3.8, 4) is 0 Å². The molecule has 0 bridgehead atoms. The van der Waals surface area contributed by atoms with E-state index in [1.165, 1.54) is 18.5 Å². The lowest BCUT2D eigenvalue weighted by Gasteiger charge is -2.19. The van der Waals surface area contributed by atoms with Gasteiger partial charge in [-0.15, -0.1) is 0 Å². The lowest BCUT2D eigenvalue weighted by molar-refractivity contribution is 0.372. The quantitative estimate of drug-likeness (QED) is 0.812. The molecule has 1 heterocycles. The van der Waals surface area contributed by atoms with Crippen molar-refractivity contribution in [1.82, 2.24) is 4.90 Å². The van der Waals surface area contributed by atoms with Crippen LogP contribution in [-0.2, 0) is 0 Å². The summed E-state index contributed by atoms with van der Waals surface area (Å²) in [6.45, 7) is 2.29. The second kappa shape index (κ2) is 4.85. The van der Waals surface area contributed by atoms with Gasteiger partial charge in [0.05, 0.1) is 0 Å². The lowest BCUT2D eigenvalue weighted by Crippen LogP contribution is -2.24. The second-order valence-corrected chi connectivity index (χ2v) is 4.71. The molecule has 1 aromatic rings. The first-order valence-electron chi connectivity index (χ1n) is 5.92. The number of rotatable bonds is 3. The standard InChI is InChI=1S/C13H21N3/c1-15-12-5-3-10(4-6-12)13(14)11-7-8-16(2)9-11/h3-6,11,13,15H,7-9,14H2,1-2H3. The van der Waals surface area contributed by atoms with Gasteiger partial charge in [-0.25, -0.2) is 0 Å². The van der Waals surface area contributed by atoms with Gasteiger partial charge in [0.25, 0.3) is 0 Å². The molecular weight excluding hydrogens is 198 g/mol. The largest absolute Gasteiger partial charge is 0.388 e. The highest BCUT2D eigenvalue weighted by atomic mass is 15.1. The fourth-order valence-corrected chi connectivity index (χ4v) is 2.41. The van der Waals surface area contributed by atoms with Crippen LogP contribution in [0, 0.1) is 5.92 Å². The minimum atomic E-state index is 0.177. The predicted molar refractivity (Wildman–Crippen MR) is 68.5 cm³/mol. The molecule has 1 aromatic carbocycles. The average Bonchev–Trinajstić information content (AvgIpc) is 2.75. The highest BCUT2D eigenvalue weighted by Crippen LogP contribution is 2.27. The zero-order chi connectivity index (χ0) is 11.5. The first-order valence-corrected chi connectivity index (χ1v) is 5.92. The number of likely N-dealkylation sites (tertiary alicyclic amines) is 1. The Morgan fingerprint density at radius 3 is 2.56 bits per heavy atom. The van der Waals surface area contributed by atoms with E-state index in [1.807, 2.05) is 7.05 Å². The number of hydrogen-bond acceptors (Lipinski definition) is 3. The Hall–Kier alpha value is -1.06. The average molecular weight is 219 g/mol. The fourth-order valence-electron chi connectivity index (χ4n) is 2.41. The van der Waals surface area contributed by atoms with Crippen molar-refractivity contribution in [2.24, 2.45) is 11.7 Å². The molecule has 3 nitrogen and oxygen atoms in total. The molecule has 0 radical (unpaired) electrons. The molecule has 16 heavy (non-hydrogen) atoms. The van der Waals surface area contributed by atoms with Gasteiger partial charge in [-0.3, -0.25) is 0 Å². The van der Waals surface area contributed by atoms with E-state index in [1.54, 1.807) is 0 Å². The molecule has 1 saturated heterocycles. The van der Waals surface area contributed by atoms with Crippen molar-refractivity contribution in [2.45, 2.75) is 12.5 Å². The Morgan fingerprint density at radius 2 is 2.06 bits per heavy atom. The summed E-state index contributed by atoms with van der Waals surface area (Å²) < 4.78 is 0. The first-order chi connectivity index (χ1) is 7.70. The molecule has 88 valence electrons. The highest BCUT2D eigenvalue weighted by Gasteiger charge is 2.26. The van der Waals surface area contributed by atoms with Crippen molar-refractivity contribution < 1.29 is 0 Å². The van der Waals surface area contributed by atoms with Crippen molar-refractivity contribution in [1.29, 1.82) is 0 Å². The van der Waals surface area contributed by atoms with Crippen LogP contribution in [-0.4, -0.2) is 32.1 Å². The smallest absolute Gasteiger partial charge is 0.0337 e. The molecule has 1 aliphatic rings. The third-order valence-electron chi connectivity index (χ3n) is 3.52. The van der Waals surface area contributed by atoms with Gasteiger partial charge >= 0.3 is 0 Å². The molecule has 2 atom stereocenters.